The number of nitrogens with one attached hydrogen (secondary N) is 2. The average molecular weight is 425 g/mol. The molecule has 5 rings (SSSR count). The molecule has 7 nitrogen and oxygen atoms in total. The van der Waals surface area contributed by atoms with Crippen molar-refractivity contribution in [3.8, 4) is 28.3 Å². The number of nitrogens with zero attached hydrogens (tertiary/aromatic N) is 4. The third-order valence-corrected chi connectivity index (χ3v) is 5.62. The van der Waals surface area contributed by atoms with E-state index in [0.717, 1.165) is 52.6 Å². The van der Waals surface area contributed by atoms with Gasteiger partial charge in [0.25, 0.3) is 0 Å². The van der Waals surface area contributed by atoms with Crippen LogP contribution in [-0.2, 0) is 6.54 Å². The first-order valence-electron chi connectivity index (χ1n) is 10.5. The summed E-state index contributed by atoms with van der Waals surface area (Å²) in [6.45, 7) is 3.69. The van der Waals surface area contributed by atoms with Crippen molar-refractivity contribution < 1.29 is 4.74 Å². The molecule has 0 spiro atoms. The molecule has 0 unspecified atom stereocenters. The minimum atomic E-state index is 0.746. The molecule has 32 heavy (non-hydrogen) atoms. The molecule has 160 valence electrons. The summed E-state index contributed by atoms with van der Waals surface area (Å²) in [5.41, 5.74) is 6.27. The van der Waals surface area contributed by atoms with Crippen LogP contribution >= 0.6 is 0 Å². The number of aromatic amines is 1. The smallest absolute Gasteiger partial charge is 0.130 e. The predicted molar refractivity (Wildman–Crippen MR) is 127 cm³/mol. The highest BCUT2D eigenvalue weighted by Crippen LogP contribution is 2.28. The van der Waals surface area contributed by atoms with Gasteiger partial charge < -0.3 is 19.6 Å². The first-order valence-corrected chi connectivity index (χ1v) is 10.5. The van der Waals surface area contributed by atoms with Crippen LogP contribution in [0.25, 0.3) is 33.4 Å². The van der Waals surface area contributed by atoms with Crippen LogP contribution in [0.1, 0.15) is 5.69 Å². The second-order valence-electron chi connectivity index (χ2n) is 7.58. The Morgan fingerprint density at radius 2 is 1.78 bits per heavy atom. The quantitative estimate of drug-likeness (QED) is 0.388. The molecule has 0 fully saturated rings. The second kappa shape index (κ2) is 8.55. The lowest BCUT2D eigenvalue weighted by Crippen LogP contribution is -2.12. The highest BCUT2D eigenvalue weighted by molar-refractivity contribution is 5.87. The van der Waals surface area contributed by atoms with Gasteiger partial charge in [-0.3, -0.25) is 0 Å². The Morgan fingerprint density at radius 3 is 2.53 bits per heavy atom. The highest BCUT2D eigenvalue weighted by Gasteiger charge is 2.10. The van der Waals surface area contributed by atoms with Gasteiger partial charge in [0.2, 0.25) is 0 Å². The molecular weight excluding hydrogens is 400 g/mol. The zero-order valence-electron chi connectivity index (χ0n) is 18.0. The van der Waals surface area contributed by atoms with Crippen molar-refractivity contribution in [3.05, 3.63) is 79.1 Å². The molecule has 0 amide bonds. The van der Waals surface area contributed by atoms with Gasteiger partial charge >= 0.3 is 0 Å². The standard InChI is InChI=1S/C25H24N6O/c1-17-12-20-23(4-3-5-24(20)32-2)31(17)11-10-27-25-13-21(29-16-30-25)18-6-8-19(9-7-18)22-14-26-15-28-22/h3-9,12-16H,10-11H2,1-2H3,(H,26,28)(H,27,29,30). The third kappa shape index (κ3) is 3.80. The van der Waals surface area contributed by atoms with Gasteiger partial charge in [-0.05, 0) is 25.1 Å². The van der Waals surface area contributed by atoms with Crippen LogP contribution in [-0.4, -0.2) is 38.2 Å². The van der Waals surface area contributed by atoms with Gasteiger partial charge in [0.15, 0.2) is 0 Å². The molecule has 7 heteroatoms. The SMILES string of the molecule is COc1cccc2c1cc(C)n2CCNc1cc(-c2ccc(-c3c[nH]cn3)cc2)ncn1. The fourth-order valence-corrected chi connectivity index (χ4v) is 4.00. The zero-order chi connectivity index (χ0) is 21.9. The summed E-state index contributed by atoms with van der Waals surface area (Å²) in [6.07, 6.45) is 5.16. The molecule has 0 atom stereocenters. The Morgan fingerprint density at radius 1 is 0.969 bits per heavy atom. The van der Waals surface area contributed by atoms with Gasteiger partial charge in [0, 0.05) is 47.6 Å². The fraction of sp³-hybridized carbons (Fsp3) is 0.160. The van der Waals surface area contributed by atoms with E-state index in [1.165, 1.54) is 11.2 Å². The van der Waals surface area contributed by atoms with Crippen molar-refractivity contribution >= 4 is 16.7 Å². The lowest BCUT2D eigenvalue weighted by Gasteiger charge is -2.11. The molecule has 0 aliphatic carbocycles. The van der Waals surface area contributed by atoms with Crippen molar-refractivity contribution in [2.24, 2.45) is 0 Å². The predicted octanol–water partition coefficient (Wildman–Crippen LogP) is 4.92. The summed E-state index contributed by atoms with van der Waals surface area (Å²) in [5, 5.41) is 4.56. The van der Waals surface area contributed by atoms with Crippen LogP contribution in [0.3, 0.4) is 0 Å². The van der Waals surface area contributed by atoms with Crippen LogP contribution in [0.2, 0.25) is 0 Å². The highest BCUT2D eigenvalue weighted by atomic mass is 16.5. The maximum absolute atomic E-state index is 5.50. The number of aromatic nitrogens is 5. The van der Waals surface area contributed by atoms with E-state index in [2.05, 4.69) is 73.1 Å². The number of anilines is 1. The van der Waals surface area contributed by atoms with Crippen molar-refractivity contribution in [2.75, 3.05) is 19.0 Å². The first kappa shape index (κ1) is 19.8. The molecule has 0 saturated heterocycles. The molecule has 3 aromatic heterocycles. The Balaban J connectivity index is 1.29. The molecule has 3 heterocycles. The topological polar surface area (TPSA) is 80.6 Å². The minimum absolute atomic E-state index is 0.746. The average Bonchev–Trinajstić information content (AvgIpc) is 3.48. The summed E-state index contributed by atoms with van der Waals surface area (Å²) in [5.74, 6) is 1.70. The lowest BCUT2D eigenvalue weighted by molar-refractivity contribution is 0.420. The third-order valence-electron chi connectivity index (χ3n) is 5.62. The summed E-state index contributed by atoms with van der Waals surface area (Å²) >= 11 is 0. The Bertz CT molecular complexity index is 1340. The van der Waals surface area contributed by atoms with Gasteiger partial charge in [-0.1, -0.05) is 30.3 Å². The summed E-state index contributed by atoms with van der Waals surface area (Å²) in [7, 11) is 1.71. The van der Waals surface area contributed by atoms with Gasteiger partial charge in [-0.25, -0.2) is 15.0 Å². The number of hydrogen-bond acceptors (Lipinski definition) is 5. The number of H-pyrrole nitrogens is 1. The van der Waals surface area contributed by atoms with Crippen LogP contribution in [0, 0.1) is 6.92 Å². The Labute approximate surface area is 186 Å². The minimum Gasteiger partial charge on any atom is -0.496 e. The fourth-order valence-electron chi connectivity index (χ4n) is 4.00. The van der Waals surface area contributed by atoms with Gasteiger partial charge in [-0.15, -0.1) is 0 Å². The molecule has 5 aromatic rings. The largest absolute Gasteiger partial charge is 0.496 e. The monoisotopic (exact) mass is 424 g/mol. The van der Waals surface area contributed by atoms with E-state index in [1.807, 2.05) is 24.4 Å². The van der Waals surface area contributed by atoms with E-state index in [-0.39, 0.29) is 0 Å². The number of rotatable bonds is 7. The molecule has 2 aromatic carbocycles. The molecule has 0 aliphatic heterocycles. The molecule has 2 N–H and O–H groups in total. The number of fused-ring (bicyclic) bond motifs is 1. The number of methoxy groups -OCH3 is 1. The van der Waals surface area contributed by atoms with E-state index in [0.29, 0.717) is 0 Å². The van der Waals surface area contributed by atoms with Gasteiger partial charge in [0.1, 0.15) is 17.9 Å². The molecule has 0 bridgehead atoms. The van der Waals surface area contributed by atoms with Crippen LogP contribution in [0.5, 0.6) is 5.75 Å². The van der Waals surface area contributed by atoms with Gasteiger partial charge in [0.05, 0.1) is 30.3 Å². The molecule has 0 saturated carbocycles. The normalized spacial score (nSPS) is 11.1. The Hall–Kier alpha value is -4.13. The van der Waals surface area contributed by atoms with E-state index in [9.17, 15) is 0 Å². The number of hydrogen-bond donors (Lipinski definition) is 2. The summed E-state index contributed by atoms with van der Waals surface area (Å²) in [4.78, 5) is 16.1. The summed E-state index contributed by atoms with van der Waals surface area (Å²) in [6, 6.07) is 18.5. The van der Waals surface area contributed by atoms with E-state index >= 15 is 0 Å². The van der Waals surface area contributed by atoms with E-state index < -0.39 is 0 Å². The van der Waals surface area contributed by atoms with Crippen molar-refractivity contribution in [3.63, 3.8) is 0 Å². The number of ether oxygens (including phenoxy) is 1. The van der Waals surface area contributed by atoms with E-state index in [1.54, 1.807) is 19.8 Å². The molecular formula is C25H24N6O. The van der Waals surface area contributed by atoms with Crippen LogP contribution < -0.4 is 10.1 Å². The second-order valence-corrected chi connectivity index (χ2v) is 7.58. The van der Waals surface area contributed by atoms with Crippen molar-refractivity contribution in [1.29, 1.82) is 0 Å². The maximum atomic E-state index is 5.50. The van der Waals surface area contributed by atoms with Crippen molar-refractivity contribution in [1.82, 2.24) is 24.5 Å². The van der Waals surface area contributed by atoms with Crippen LogP contribution in [0.15, 0.2) is 73.4 Å². The Kier molecular flexibility index (Phi) is 5.29. The maximum Gasteiger partial charge on any atom is 0.130 e. The first-order chi connectivity index (χ1) is 15.7. The zero-order valence-corrected chi connectivity index (χ0v) is 18.0. The van der Waals surface area contributed by atoms with E-state index in [4.69, 9.17) is 4.74 Å². The van der Waals surface area contributed by atoms with Gasteiger partial charge in [-0.2, -0.15) is 0 Å². The number of imidazole rings is 1. The lowest BCUT2D eigenvalue weighted by atomic mass is 10.1. The molecule has 0 aliphatic rings. The molecule has 0 radical (unpaired) electrons. The summed E-state index contributed by atoms with van der Waals surface area (Å²) < 4.78 is 7.79. The van der Waals surface area contributed by atoms with Crippen molar-refractivity contribution in [2.45, 2.75) is 13.5 Å². The van der Waals surface area contributed by atoms with Crippen LogP contribution in [0.4, 0.5) is 5.82 Å². The number of benzene rings is 2. The number of aryl methyl sites for hydroxylation is 1.